The van der Waals surface area contributed by atoms with E-state index in [0.29, 0.717) is 17.5 Å². The maximum atomic E-state index is 5.94. The fraction of sp³-hybridized carbons (Fsp3) is 0.0208. The Hall–Kier alpha value is -6.56. The van der Waals surface area contributed by atoms with Crippen LogP contribution in [0.15, 0.2) is 190 Å². The second-order valence-electron chi connectivity index (χ2n) is 13.5. The molecule has 1 spiro atoms. The fourth-order valence-electron chi connectivity index (χ4n) is 8.40. The normalized spacial score (nSPS) is 15.2. The van der Waals surface area contributed by atoms with Crippen LogP contribution in [0.5, 0.6) is 0 Å². The van der Waals surface area contributed by atoms with E-state index in [9.17, 15) is 0 Å². The van der Waals surface area contributed by atoms with Crippen molar-refractivity contribution in [3.63, 3.8) is 0 Å². The maximum absolute atomic E-state index is 5.94. The van der Waals surface area contributed by atoms with E-state index in [2.05, 4.69) is 109 Å². The first-order valence-corrected chi connectivity index (χ1v) is 18.6. The summed E-state index contributed by atoms with van der Waals surface area (Å²) in [6.45, 7) is 0. The van der Waals surface area contributed by atoms with Crippen molar-refractivity contribution in [2.24, 2.45) is 0 Å². The standard InChI is InChI=1S/C48H29N3OS/c1-3-12-30(13-4-1)45-49-46(31-14-5-2-6-15-31)51-47(50-45)34-17-11-16-32(28-34)33-22-25-43-40(29-33)48(38-20-9-10-21-42(38)53-43)37-19-8-7-18-35(37)44-36-26-27-52-41(36)24-23-39(44)48/h1-29H. The minimum Gasteiger partial charge on any atom is -0.464 e. The third-order valence-electron chi connectivity index (χ3n) is 10.7. The molecule has 11 rings (SSSR count). The highest BCUT2D eigenvalue weighted by molar-refractivity contribution is 7.99. The molecule has 0 bridgehead atoms. The average molecular weight is 696 g/mol. The van der Waals surface area contributed by atoms with Crippen molar-refractivity contribution >= 4 is 22.7 Å². The van der Waals surface area contributed by atoms with E-state index in [1.807, 2.05) is 72.4 Å². The maximum Gasteiger partial charge on any atom is 0.164 e. The number of furan rings is 1. The summed E-state index contributed by atoms with van der Waals surface area (Å²) in [6, 6.07) is 60.2. The van der Waals surface area contributed by atoms with Gasteiger partial charge in [-0.3, -0.25) is 0 Å². The van der Waals surface area contributed by atoms with E-state index in [-0.39, 0.29) is 0 Å². The van der Waals surface area contributed by atoms with Gasteiger partial charge in [0.05, 0.1) is 11.7 Å². The summed E-state index contributed by atoms with van der Waals surface area (Å²) < 4.78 is 5.94. The van der Waals surface area contributed by atoms with Crippen LogP contribution in [-0.2, 0) is 5.41 Å². The highest BCUT2D eigenvalue weighted by Gasteiger charge is 2.50. The molecule has 7 aromatic carbocycles. The van der Waals surface area contributed by atoms with E-state index in [4.69, 9.17) is 19.4 Å². The molecule has 0 radical (unpaired) electrons. The van der Waals surface area contributed by atoms with Gasteiger partial charge in [0.15, 0.2) is 17.5 Å². The van der Waals surface area contributed by atoms with Crippen molar-refractivity contribution in [2.75, 3.05) is 0 Å². The molecule has 0 fully saturated rings. The number of hydrogen-bond acceptors (Lipinski definition) is 5. The smallest absolute Gasteiger partial charge is 0.164 e. The van der Waals surface area contributed by atoms with E-state index < -0.39 is 5.41 Å². The summed E-state index contributed by atoms with van der Waals surface area (Å²) in [5, 5.41) is 1.15. The second-order valence-corrected chi connectivity index (χ2v) is 14.6. The predicted molar refractivity (Wildman–Crippen MR) is 213 cm³/mol. The minimum absolute atomic E-state index is 0.494. The summed E-state index contributed by atoms with van der Waals surface area (Å²) in [7, 11) is 0. The molecule has 53 heavy (non-hydrogen) atoms. The van der Waals surface area contributed by atoms with E-state index >= 15 is 0 Å². The zero-order valence-corrected chi connectivity index (χ0v) is 29.2. The van der Waals surface area contributed by atoms with E-state index in [0.717, 1.165) is 38.8 Å². The van der Waals surface area contributed by atoms with Gasteiger partial charge < -0.3 is 4.42 Å². The largest absolute Gasteiger partial charge is 0.464 e. The molecule has 0 saturated heterocycles. The van der Waals surface area contributed by atoms with Crippen molar-refractivity contribution in [2.45, 2.75) is 15.2 Å². The third-order valence-corrected chi connectivity index (χ3v) is 11.8. The van der Waals surface area contributed by atoms with Gasteiger partial charge in [-0.15, -0.1) is 0 Å². The second kappa shape index (κ2) is 11.7. The Kier molecular flexibility index (Phi) is 6.67. The predicted octanol–water partition coefficient (Wildman–Crippen LogP) is 12.1. The highest BCUT2D eigenvalue weighted by Crippen LogP contribution is 2.63. The van der Waals surface area contributed by atoms with Crippen molar-refractivity contribution in [3.05, 3.63) is 198 Å². The quantitative estimate of drug-likeness (QED) is 0.183. The van der Waals surface area contributed by atoms with E-state index in [1.165, 1.54) is 43.2 Å². The van der Waals surface area contributed by atoms with E-state index in [1.54, 1.807) is 6.26 Å². The topological polar surface area (TPSA) is 51.8 Å². The minimum atomic E-state index is -0.494. The summed E-state index contributed by atoms with van der Waals surface area (Å²) in [5.41, 5.74) is 13.2. The van der Waals surface area contributed by atoms with Crippen molar-refractivity contribution in [1.82, 2.24) is 15.0 Å². The van der Waals surface area contributed by atoms with Gasteiger partial charge in [0.2, 0.25) is 0 Å². The Morgan fingerprint density at radius 2 is 1.02 bits per heavy atom. The van der Waals surface area contributed by atoms with Crippen LogP contribution in [0.25, 0.3) is 67.4 Å². The van der Waals surface area contributed by atoms with Crippen molar-refractivity contribution in [1.29, 1.82) is 0 Å². The monoisotopic (exact) mass is 695 g/mol. The SMILES string of the molecule is c1ccc(-c2nc(-c3ccccc3)nc(-c3cccc(-c4ccc5c(c4)C4(c6ccccc6S5)c5ccccc5-c5c4ccc4occc54)c3)n2)cc1. The molecule has 2 aromatic heterocycles. The lowest BCUT2D eigenvalue weighted by Gasteiger charge is -2.40. The first-order chi connectivity index (χ1) is 26.3. The Morgan fingerprint density at radius 3 is 1.79 bits per heavy atom. The Labute approximate surface area is 310 Å². The van der Waals surface area contributed by atoms with Gasteiger partial charge in [-0.25, -0.2) is 15.0 Å². The van der Waals surface area contributed by atoms with Gasteiger partial charge in [-0.2, -0.15) is 0 Å². The first-order valence-electron chi connectivity index (χ1n) is 17.8. The molecule has 0 amide bonds. The molecule has 4 nitrogen and oxygen atoms in total. The van der Waals surface area contributed by atoms with Crippen LogP contribution in [0.3, 0.4) is 0 Å². The van der Waals surface area contributed by atoms with Crippen LogP contribution in [0.4, 0.5) is 0 Å². The van der Waals surface area contributed by atoms with Crippen LogP contribution in [0, 0.1) is 0 Å². The third kappa shape index (κ3) is 4.54. The van der Waals surface area contributed by atoms with Gasteiger partial charge in [0.25, 0.3) is 0 Å². The zero-order valence-electron chi connectivity index (χ0n) is 28.4. The Bertz CT molecular complexity index is 2820. The highest BCUT2D eigenvalue weighted by atomic mass is 32.2. The number of nitrogens with zero attached hydrogens (tertiary/aromatic N) is 3. The molecule has 9 aromatic rings. The molecule has 5 heteroatoms. The number of fused-ring (bicyclic) bond motifs is 11. The van der Waals surface area contributed by atoms with Crippen molar-refractivity contribution in [3.8, 4) is 56.4 Å². The fourth-order valence-corrected chi connectivity index (χ4v) is 9.57. The molecule has 1 unspecified atom stereocenters. The molecule has 0 saturated carbocycles. The van der Waals surface area contributed by atoms with Gasteiger partial charge in [-0.05, 0) is 80.9 Å². The van der Waals surface area contributed by atoms with Gasteiger partial charge in [0, 0.05) is 31.9 Å². The number of rotatable bonds is 4. The number of aromatic nitrogens is 3. The molecule has 1 atom stereocenters. The number of hydrogen-bond donors (Lipinski definition) is 0. The summed E-state index contributed by atoms with van der Waals surface area (Å²) >= 11 is 1.86. The molecular formula is C48H29N3OS. The molecule has 248 valence electrons. The summed E-state index contributed by atoms with van der Waals surface area (Å²) in [5.74, 6) is 1.94. The molecule has 1 aliphatic heterocycles. The average Bonchev–Trinajstić information content (AvgIpc) is 3.83. The van der Waals surface area contributed by atoms with Crippen LogP contribution in [0.1, 0.15) is 22.3 Å². The lowest BCUT2D eigenvalue weighted by atomic mass is 9.67. The molecular weight excluding hydrogens is 667 g/mol. The van der Waals surface area contributed by atoms with Gasteiger partial charge in [0.1, 0.15) is 5.58 Å². The summed E-state index contributed by atoms with van der Waals surface area (Å²) in [6.07, 6.45) is 1.81. The van der Waals surface area contributed by atoms with Crippen molar-refractivity contribution < 1.29 is 4.42 Å². The lowest BCUT2D eigenvalue weighted by Crippen LogP contribution is -2.32. The molecule has 2 aliphatic rings. The first kappa shape index (κ1) is 30.1. The Morgan fingerprint density at radius 1 is 0.415 bits per heavy atom. The molecule has 1 aliphatic carbocycles. The van der Waals surface area contributed by atoms with Gasteiger partial charge >= 0.3 is 0 Å². The Balaban J connectivity index is 1.11. The van der Waals surface area contributed by atoms with Crippen LogP contribution in [-0.4, -0.2) is 15.0 Å². The zero-order chi connectivity index (χ0) is 34.9. The summed E-state index contributed by atoms with van der Waals surface area (Å²) in [4.78, 5) is 17.5. The molecule has 0 N–H and O–H groups in total. The molecule has 3 heterocycles. The number of benzene rings is 7. The van der Waals surface area contributed by atoms with Crippen LogP contribution >= 0.6 is 11.8 Å². The van der Waals surface area contributed by atoms with Crippen LogP contribution < -0.4 is 0 Å². The van der Waals surface area contributed by atoms with Gasteiger partial charge in [-0.1, -0.05) is 145 Å². The lowest BCUT2D eigenvalue weighted by molar-refractivity contribution is 0.615. The van der Waals surface area contributed by atoms with Crippen LogP contribution in [0.2, 0.25) is 0 Å².